The maximum Gasteiger partial charge on any atom is 0.234 e. The topological polar surface area (TPSA) is 82.6 Å². The molecule has 2 atom stereocenters. The van der Waals surface area contributed by atoms with Crippen molar-refractivity contribution in [3.8, 4) is 0 Å². The number of nitrogens with one attached hydrogen (secondary N) is 2. The number of ether oxygens (including phenoxy) is 1. The zero-order valence-corrected chi connectivity index (χ0v) is 15.8. The lowest BCUT2D eigenvalue weighted by Crippen LogP contribution is -2.60. The summed E-state index contributed by atoms with van der Waals surface area (Å²) >= 11 is 0. The molecule has 2 saturated heterocycles. The minimum atomic E-state index is 0.142. The molecule has 1 amide bonds. The molecule has 148 valence electrons. The van der Waals surface area contributed by atoms with Gasteiger partial charge < -0.3 is 20.3 Å². The number of amides is 1. The van der Waals surface area contributed by atoms with Gasteiger partial charge in [0.05, 0.1) is 6.54 Å². The Morgan fingerprint density at radius 2 is 1.74 bits per heavy atom. The third kappa shape index (κ3) is 4.94. The maximum atomic E-state index is 12.5. The van der Waals surface area contributed by atoms with Crippen molar-refractivity contribution in [1.29, 1.82) is 0 Å². The fourth-order valence-corrected chi connectivity index (χ4v) is 4.06. The van der Waals surface area contributed by atoms with Gasteiger partial charge in [-0.1, -0.05) is 0 Å². The van der Waals surface area contributed by atoms with E-state index in [-0.39, 0.29) is 11.9 Å². The normalized spacial score (nSPS) is 27.2. The minimum absolute atomic E-state index is 0.142. The van der Waals surface area contributed by atoms with Crippen LogP contribution in [0.3, 0.4) is 0 Å². The lowest BCUT2D eigenvalue weighted by molar-refractivity contribution is -0.124. The molecule has 0 bridgehead atoms. The molecule has 4 rings (SSSR count). The molecule has 8 heteroatoms. The van der Waals surface area contributed by atoms with Crippen molar-refractivity contribution in [2.45, 2.75) is 43.8 Å². The predicted octanol–water partition coefficient (Wildman–Crippen LogP) is 0.0144. The standard InChI is InChI=1S/C19H30N6O2/c26-18(23-17-3-2-16(17)22-15-4-12-27-13-5-15)14-24-8-10-25(11-9-24)19-20-6-1-7-21-19/h1,6-7,15-17,22H,2-5,8-14H2,(H,23,26)/t16-,17+/m1/s1. The largest absolute Gasteiger partial charge is 0.381 e. The van der Waals surface area contributed by atoms with E-state index in [1.54, 1.807) is 12.4 Å². The van der Waals surface area contributed by atoms with E-state index in [0.717, 1.165) is 71.0 Å². The molecule has 1 aromatic rings. The van der Waals surface area contributed by atoms with Crippen LogP contribution in [0.5, 0.6) is 0 Å². The van der Waals surface area contributed by atoms with Gasteiger partial charge in [0.25, 0.3) is 0 Å². The molecule has 0 aromatic carbocycles. The van der Waals surface area contributed by atoms with Gasteiger partial charge in [-0.05, 0) is 31.7 Å². The lowest BCUT2D eigenvalue weighted by atomic mass is 9.85. The number of anilines is 1. The Morgan fingerprint density at radius 1 is 1.04 bits per heavy atom. The molecule has 27 heavy (non-hydrogen) atoms. The van der Waals surface area contributed by atoms with E-state index in [0.29, 0.717) is 18.6 Å². The van der Waals surface area contributed by atoms with Gasteiger partial charge in [-0.15, -0.1) is 0 Å². The first kappa shape index (κ1) is 18.6. The van der Waals surface area contributed by atoms with Crippen molar-refractivity contribution in [1.82, 2.24) is 25.5 Å². The highest BCUT2D eigenvalue weighted by Crippen LogP contribution is 2.22. The molecule has 3 fully saturated rings. The summed E-state index contributed by atoms with van der Waals surface area (Å²) in [5.41, 5.74) is 0. The number of nitrogens with zero attached hydrogens (tertiary/aromatic N) is 4. The second-order valence-corrected chi connectivity index (χ2v) is 7.72. The second kappa shape index (κ2) is 8.95. The lowest BCUT2D eigenvalue weighted by Gasteiger charge is -2.41. The van der Waals surface area contributed by atoms with E-state index in [1.165, 1.54) is 0 Å². The quantitative estimate of drug-likeness (QED) is 0.726. The van der Waals surface area contributed by atoms with Crippen LogP contribution in [0.25, 0.3) is 0 Å². The Kier molecular flexibility index (Phi) is 6.16. The zero-order valence-electron chi connectivity index (χ0n) is 15.8. The van der Waals surface area contributed by atoms with Crippen molar-refractivity contribution in [3.63, 3.8) is 0 Å². The van der Waals surface area contributed by atoms with Gasteiger partial charge in [-0.3, -0.25) is 9.69 Å². The van der Waals surface area contributed by atoms with Gasteiger partial charge in [0.1, 0.15) is 0 Å². The minimum Gasteiger partial charge on any atom is -0.381 e. The molecule has 0 unspecified atom stereocenters. The van der Waals surface area contributed by atoms with E-state index in [9.17, 15) is 4.79 Å². The van der Waals surface area contributed by atoms with E-state index in [2.05, 4.69) is 30.4 Å². The molecule has 0 radical (unpaired) electrons. The van der Waals surface area contributed by atoms with Crippen molar-refractivity contribution in [3.05, 3.63) is 18.5 Å². The van der Waals surface area contributed by atoms with Gasteiger partial charge in [0, 0.05) is 69.9 Å². The molecule has 2 aliphatic heterocycles. The SMILES string of the molecule is O=C(CN1CCN(c2ncccn2)CC1)N[C@H]1CC[C@H]1NC1CCOCC1. The summed E-state index contributed by atoms with van der Waals surface area (Å²) in [5.74, 6) is 0.918. The molecule has 8 nitrogen and oxygen atoms in total. The van der Waals surface area contributed by atoms with Crippen molar-refractivity contribution >= 4 is 11.9 Å². The average molecular weight is 374 g/mol. The van der Waals surface area contributed by atoms with Crippen LogP contribution in [-0.2, 0) is 9.53 Å². The summed E-state index contributed by atoms with van der Waals surface area (Å²) in [5, 5.41) is 6.94. The monoisotopic (exact) mass is 374 g/mol. The molecule has 1 aromatic heterocycles. The van der Waals surface area contributed by atoms with Gasteiger partial charge in [0.15, 0.2) is 0 Å². The number of rotatable bonds is 6. The molecule has 1 aliphatic carbocycles. The first-order chi connectivity index (χ1) is 13.3. The van der Waals surface area contributed by atoms with Crippen molar-refractivity contribution in [2.24, 2.45) is 0 Å². The summed E-state index contributed by atoms with van der Waals surface area (Å²) in [6, 6.07) is 3.06. The van der Waals surface area contributed by atoms with Crippen LogP contribution in [0, 0.1) is 0 Å². The molecule has 3 heterocycles. The van der Waals surface area contributed by atoms with Gasteiger partial charge in [0.2, 0.25) is 11.9 Å². The number of hydrogen-bond donors (Lipinski definition) is 2. The van der Waals surface area contributed by atoms with Gasteiger partial charge in [-0.25, -0.2) is 9.97 Å². The molecule has 0 spiro atoms. The average Bonchev–Trinajstić information content (AvgIpc) is 2.71. The van der Waals surface area contributed by atoms with Crippen LogP contribution in [-0.4, -0.2) is 84.8 Å². The third-order valence-corrected chi connectivity index (χ3v) is 5.87. The summed E-state index contributed by atoms with van der Waals surface area (Å²) in [4.78, 5) is 25.5. The molecule has 2 N–H and O–H groups in total. The Morgan fingerprint density at radius 3 is 2.41 bits per heavy atom. The molecular weight excluding hydrogens is 344 g/mol. The maximum absolute atomic E-state index is 12.5. The van der Waals surface area contributed by atoms with E-state index in [1.807, 2.05) is 6.07 Å². The van der Waals surface area contributed by atoms with E-state index in [4.69, 9.17) is 4.74 Å². The fourth-order valence-electron chi connectivity index (χ4n) is 4.06. The van der Waals surface area contributed by atoms with E-state index < -0.39 is 0 Å². The van der Waals surface area contributed by atoms with Crippen LogP contribution in [0.2, 0.25) is 0 Å². The van der Waals surface area contributed by atoms with Crippen LogP contribution in [0.4, 0.5) is 5.95 Å². The third-order valence-electron chi connectivity index (χ3n) is 5.87. The highest BCUT2D eigenvalue weighted by atomic mass is 16.5. The van der Waals surface area contributed by atoms with Crippen LogP contribution >= 0.6 is 0 Å². The van der Waals surface area contributed by atoms with Gasteiger partial charge in [-0.2, -0.15) is 0 Å². The smallest absolute Gasteiger partial charge is 0.234 e. The highest BCUT2D eigenvalue weighted by molar-refractivity contribution is 5.78. The number of piperazine rings is 1. The second-order valence-electron chi connectivity index (χ2n) is 7.72. The summed E-state index contributed by atoms with van der Waals surface area (Å²) in [6.45, 7) is 5.61. The Bertz CT molecular complexity index is 601. The summed E-state index contributed by atoms with van der Waals surface area (Å²) in [6.07, 6.45) is 7.92. The Hall–Kier alpha value is -1.77. The predicted molar refractivity (Wildman–Crippen MR) is 103 cm³/mol. The number of carbonyl (C=O) groups excluding carboxylic acids is 1. The first-order valence-corrected chi connectivity index (χ1v) is 10.2. The molecule has 3 aliphatic rings. The number of carbonyl (C=O) groups is 1. The Balaban J connectivity index is 1.17. The Labute approximate surface area is 160 Å². The zero-order chi connectivity index (χ0) is 18.5. The van der Waals surface area contributed by atoms with Crippen molar-refractivity contribution < 1.29 is 9.53 Å². The highest BCUT2D eigenvalue weighted by Gasteiger charge is 2.34. The van der Waals surface area contributed by atoms with Crippen LogP contribution < -0.4 is 15.5 Å². The van der Waals surface area contributed by atoms with Crippen molar-refractivity contribution in [2.75, 3.05) is 50.8 Å². The van der Waals surface area contributed by atoms with Gasteiger partial charge >= 0.3 is 0 Å². The summed E-state index contributed by atoms with van der Waals surface area (Å²) in [7, 11) is 0. The number of aromatic nitrogens is 2. The first-order valence-electron chi connectivity index (χ1n) is 10.2. The van der Waals surface area contributed by atoms with Crippen LogP contribution in [0.1, 0.15) is 25.7 Å². The molecular formula is C19H30N6O2. The van der Waals surface area contributed by atoms with Crippen LogP contribution in [0.15, 0.2) is 18.5 Å². The number of hydrogen-bond acceptors (Lipinski definition) is 7. The molecule has 1 saturated carbocycles. The summed E-state index contributed by atoms with van der Waals surface area (Å²) < 4.78 is 5.42. The fraction of sp³-hybridized carbons (Fsp3) is 0.737. The van der Waals surface area contributed by atoms with E-state index >= 15 is 0 Å².